The molecular formula is C17H16ClNO6S. The first-order valence-electron chi connectivity index (χ1n) is 7.31. The van der Waals surface area contributed by atoms with E-state index in [9.17, 15) is 18.0 Å². The molecule has 2 rings (SSSR count). The predicted molar refractivity (Wildman–Crippen MR) is 96.8 cm³/mol. The van der Waals surface area contributed by atoms with Crippen molar-refractivity contribution < 1.29 is 27.5 Å². The molecule has 0 aliphatic carbocycles. The number of hydrogen-bond acceptors (Lipinski definition) is 6. The molecule has 0 heterocycles. The molecule has 0 bridgehead atoms. The van der Waals surface area contributed by atoms with Crippen molar-refractivity contribution in [3.63, 3.8) is 0 Å². The Morgan fingerprint density at radius 2 is 1.46 bits per heavy atom. The summed E-state index contributed by atoms with van der Waals surface area (Å²) in [7, 11) is -1.44. The summed E-state index contributed by atoms with van der Waals surface area (Å²) in [5.74, 6) is -1.73. The van der Waals surface area contributed by atoms with Gasteiger partial charge in [-0.1, -0.05) is 23.7 Å². The molecule has 0 radical (unpaired) electrons. The molecule has 0 atom stereocenters. The number of ether oxygens (including phenoxy) is 2. The van der Waals surface area contributed by atoms with Crippen molar-refractivity contribution in [2.24, 2.45) is 0 Å². The maximum absolute atomic E-state index is 12.4. The third-order valence-corrected chi connectivity index (χ3v) is 4.83. The lowest BCUT2D eigenvalue weighted by molar-refractivity contribution is 0.0599. The number of sulfonamides is 1. The monoisotopic (exact) mass is 397 g/mol. The van der Waals surface area contributed by atoms with Crippen molar-refractivity contribution in [3.8, 4) is 0 Å². The highest BCUT2D eigenvalue weighted by Crippen LogP contribution is 2.20. The lowest BCUT2D eigenvalue weighted by atomic mass is 10.1. The summed E-state index contributed by atoms with van der Waals surface area (Å²) in [4.78, 5) is 23.5. The average Bonchev–Trinajstić information content (AvgIpc) is 2.61. The molecule has 7 nitrogen and oxygen atoms in total. The van der Waals surface area contributed by atoms with Gasteiger partial charge in [0, 0.05) is 5.02 Å². The zero-order chi connectivity index (χ0) is 19.3. The van der Waals surface area contributed by atoms with Crippen molar-refractivity contribution in [2.75, 3.05) is 18.9 Å². The number of carbonyl (C=O) groups excluding carboxylic acids is 2. The van der Waals surface area contributed by atoms with Crippen LogP contribution in [-0.2, 0) is 25.2 Å². The summed E-state index contributed by atoms with van der Waals surface area (Å²) in [5, 5.41) is 0.493. The average molecular weight is 398 g/mol. The minimum absolute atomic E-state index is 0.0135. The van der Waals surface area contributed by atoms with E-state index < -0.39 is 22.0 Å². The second-order valence-electron chi connectivity index (χ2n) is 5.27. The van der Waals surface area contributed by atoms with E-state index >= 15 is 0 Å². The van der Waals surface area contributed by atoms with E-state index in [1.165, 1.54) is 32.4 Å². The normalized spacial score (nSPS) is 10.9. The van der Waals surface area contributed by atoms with Crippen LogP contribution in [-0.4, -0.2) is 34.6 Å². The van der Waals surface area contributed by atoms with Gasteiger partial charge in [0.1, 0.15) is 0 Å². The van der Waals surface area contributed by atoms with Crippen LogP contribution in [0.3, 0.4) is 0 Å². The van der Waals surface area contributed by atoms with Gasteiger partial charge in [0.2, 0.25) is 10.0 Å². The molecule has 0 amide bonds. The van der Waals surface area contributed by atoms with Gasteiger partial charge in [-0.3, -0.25) is 4.72 Å². The van der Waals surface area contributed by atoms with E-state index in [1.54, 1.807) is 24.3 Å². The molecule has 0 saturated heterocycles. The topological polar surface area (TPSA) is 98.8 Å². The first-order valence-corrected chi connectivity index (χ1v) is 9.34. The Balaban J connectivity index is 2.32. The van der Waals surface area contributed by atoms with Gasteiger partial charge in [-0.15, -0.1) is 0 Å². The summed E-state index contributed by atoms with van der Waals surface area (Å²) < 4.78 is 36.3. The fourth-order valence-corrected chi connectivity index (χ4v) is 3.48. The number of methoxy groups -OCH3 is 2. The molecule has 0 fully saturated rings. The van der Waals surface area contributed by atoms with Gasteiger partial charge in [0.15, 0.2) is 0 Å². The Labute approximate surface area is 155 Å². The van der Waals surface area contributed by atoms with Crippen molar-refractivity contribution in [1.29, 1.82) is 0 Å². The number of carbonyl (C=O) groups is 2. The maximum atomic E-state index is 12.4. The highest BCUT2D eigenvalue weighted by Gasteiger charge is 2.17. The molecule has 0 spiro atoms. The van der Waals surface area contributed by atoms with Crippen molar-refractivity contribution >= 4 is 39.3 Å². The standard InChI is InChI=1S/C17H16ClNO6S/c1-24-16(20)12-7-13(17(21)25-2)9-15(8-12)19-26(22,23)10-11-3-5-14(18)6-4-11/h3-9,19H,10H2,1-2H3. The Hall–Kier alpha value is -2.58. The van der Waals surface area contributed by atoms with E-state index in [2.05, 4.69) is 14.2 Å². The molecule has 26 heavy (non-hydrogen) atoms. The van der Waals surface area contributed by atoms with Crippen LogP contribution >= 0.6 is 11.6 Å². The first-order chi connectivity index (χ1) is 12.2. The smallest absolute Gasteiger partial charge is 0.337 e. The third kappa shape index (κ3) is 5.21. The maximum Gasteiger partial charge on any atom is 0.337 e. The fraction of sp³-hybridized carbons (Fsp3) is 0.176. The molecular weight excluding hydrogens is 382 g/mol. The molecule has 9 heteroatoms. The van der Waals surface area contributed by atoms with Crippen molar-refractivity contribution in [1.82, 2.24) is 0 Å². The molecule has 2 aromatic rings. The van der Waals surface area contributed by atoms with E-state index in [-0.39, 0.29) is 22.6 Å². The third-order valence-electron chi connectivity index (χ3n) is 3.32. The summed E-state index contributed by atoms with van der Waals surface area (Å²) in [6.45, 7) is 0. The summed E-state index contributed by atoms with van der Waals surface area (Å²) >= 11 is 5.78. The highest BCUT2D eigenvalue weighted by atomic mass is 35.5. The van der Waals surface area contributed by atoms with Crippen LogP contribution in [0.2, 0.25) is 5.02 Å². The van der Waals surface area contributed by atoms with Crippen molar-refractivity contribution in [2.45, 2.75) is 5.75 Å². The molecule has 138 valence electrons. The Bertz CT molecular complexity index is 891. The van der Waals surface area contributed by atoms with E-state index in [0.29, 0.717) is 10.6 Å². The van der Waals surface area contributed by atoms with Crippen LogP contribution < -0.4 is 4.72 Å². The quantitative estimate of drug-likeness (QED) is 0.752. The van der Waals surface area contributed by atoms with Gasteiger partial charge in [-0.2, -0.15) is 0 Å². The summed E-state index contributed by atoms with van der Waals surface area (Å²) in [6.07, 6.45) is 0. The summed E-state index contributed by atoms with van der Waals surface area (Å²) in [5.41, 5.74) is 0.598. The number of halogens is 1. The Kier molecular flexibility index (Phi) is 6.23. The molecule has 0 unspecified atom stereocenters. The number of hydrogen-bond donors (Lipinski definition) is 1. The lowest BCUT2D eigenvalue weighted by Gasteiger charge is -2.11. The fourth-order valence-electron chi connectivity index (χ4n) is 2.17. The van der Waals surface area contributed by atoms with Gasteiger partial charge in [-0.25, -0.2) is 18.0 Å². The Morgan fingerprint density at radius 1 is 0.962 bits per heavy atom. The van der Waals surface area contributed by atoms with Gasteiger partial charge in [0.25, 0.3) is 0 Å². The SMILES string of the molecule is COC(=O)c1cc(NS(=O)(=O)Cc2ccc(Cl)cc2)cc(C(=O)OC)c1. The van der Waals surface area contributed by atoms with Crippen LogP contribution in [0.15, 0.2) is 42.5 Å². The molecule has 2 aromatic carbocycles. The van der Waals surface area contributed by atoms with Gasteiger partial charge in [0.05, 0.1) is 36.8 Å². The number of esters is 2. The highest BCUT2D eigenvalue weighted by molar-refractivity contribution is 7.91. The molecule has 0 aliphatic rings. The van der Waals surface area contributed by atoms with E-state index in [0.717, 1.165) is 0 Å². The molecule has 0 aliphatic heterocycles. The number of anilines is 1. The largest absolute Gasteiger partial charge is 0.465 e. The van der Waals surface area contributed by atoms with E-state index in [4.69, 9.17) is 11.6 Å². The predicted octanol–water partition coefficient (Wildman–Crippen LogP) is 2.86. The minimum atomic E-state index is -3.80. The van der Waals surface area contributed by atoms with Crippen molar-refractivity contribution in [3.05, 3.63) is 64.2 Å². The number of benzene rings is 2. The molecule has 0 saturated carbocycles. The van der Waals surface area contributed by atoms with Gasteiger partial charge < -0.3 is 9.47 Å². The lowest BCUT2D eigenvalue weighted by Crippen LogP contribution is -2.16. The summed E-state index contributed by atoms with van der Waals surface area (Å²) in [6, 6.07) is 10.2. The first kappa shape index (κ1) is 19.7. The van der Waals surface area contributed by atoms with Crippen LogP contribution in [0.25, 0.3) is 0 Å². The minimum Gasteiger partial charge on any atom is -0.465 e. The van der Waals surface area contributed by atoms with Crippen LogP contribution in [0, 0.1) is 0 Å². The number of rotatable bonds is 6. The van der Waals surface area contributed by atoms with Crippen LogP contribution in [0.4, 0.5) is 5.69 Å². The molecule has 0 aromatic heterocycles. The second kappa shape index (κ2) is 8.20. The van der Waals surface area contributed by atoms with Gasteiger partial charge in [-0.05, 0) is 35.9 Å². The van der Waals surface area contributed by atoms with E-state index in [1.807, 2.05) is 0 Å². The van der Waals surface area contributed by atoms with Crippen LogP contribution in [0.1, 0.15) is 26.3 Å². The van der Waals surface area contributed by atoms with Gasteiger partial charge >= 0.3 is 11.9 Å². The van der Waals surface area contributed by atoms with Crippen LogP contribution in [0.5, 0.6) is 0 Å². The zero-order valence-corrected chi connectivity index (χ0v) is 15.6. The number of nitrogens with one attached hydrogen (secondary N) is 1. The Morgan fingerprint density at radius 3 is 1.92 bits per heavy atom. The second-order valence-corrected chi connectivity index (χ2v) is 7.43. The zero-order valence-electron chi connectivity index (χ0n) is 14.0. The molecule has 1 N–H and O–H groups in total.